The third kappa shape index (κ3) is 1.81. The Balaban J connectivity index is 2.95. The summed E-state index contributed by atoms with van der Waals surface area (Å²) in [5.74, 6) is 0. The zero-order valence-electron chi connectivity index (χ0n) is 5.58. The van der Waals surface area contributed by atoms with Crippen LogP contribution in [0.25, 0.3) is 0 Å². The zero-order valence-corrected chi connectivity index (χ0v) is 6.34. The summed E-state index contributed by atoms with van der Waals surface area (Å²) >= 11 is 5.60. The summed E-state index contributed by atoms with van der Waals surface area (Å²) in [6, 6.07) is 3.51. The van der Waals surface area contributed by atoms with E-state index in [1.165, 1.54) is 0 Å². The van der Waals surface area contributed by atoms with Gasteiger partial charge in [-0.05, 0) is 13.0 Å². The number of hydrogen-bond acceptors (Lipinski definition) is 2. The third-order valence-electron chi connectivity index (χ3n) is 0.988. The topological polar surface area (TPSA) is 25.2 Å². The maximum atomic E-state index is 5.60. The number of aliphatic imine (C=N–C) groups is 1. The van der Waals surface area contributed by atoms with Gasteiger partial charge in [0.25, 0.3) is 0 Å². The van der Waals surface area contributed by atoms with Gasteiger partial charge in [0.15, 0.2) is 0 Å². The lowest BCUT2D eigenvalue weighted by Gasteiger charge is -1.90. The van der Waals surface area contributed by atoms with Gasteiger partial charge in [0.05, 0.1) is 5.69 Å². The van der Waals surface area contributed by atoms with Gasteiger partial charge in [0, 0.05) is 18.5 Å². The molecule has 1 aromatic rings. The highest BCUT2D eigenvalue weighted by Crippen LogP contribution is 2.13. The highest BCUT2D eigenvalue weighted by atomic mass is 35.5. The highest BCUT2D eigenvalue weighted by molar-refractivity contribution is 6.29. The van der Waals surface area contributed by atoms with Crippen molar-refractivity contribution in [1.82, 2.24) is 4.98 Å². The zero-order chi connectivity index (χ0) is 7.40. The van der Waals surface area contributed by atoms with E-state index in [0.717, 1.165) is 5.69 Å². The molecule has 0 spiro atoms. The SMILES string of the molecule is CC=Nc1ccnc(Cl)c1. The molecule has 1 rings (SSSR count). The minimum absolute atomic E-state index is 0.475. The van der Waals surface area contributed by atoms with Crippen molar-refractivity contribution in [3.05, 3.63) is 23.5 Å². The molecule has 0 aliphatic rings. The summed E-state index contributed by atoms with van der Waals surface area (Å²) in [7, 11) is 0. The van der Waals surface area contributed by atoms with Crippen LogP contribution in [0.3, 0.4) is 0 Å². The van der Waals surface area contributed by atoms with Crippen LogP contribution in [0.1, 0.15) is 6.92 Å². The van der Waals surface area contributed by atoms with Gasteiger partial charge in [0.2, 0.25) is 0 Å². The quantitative estimate of drug-likeness (QED) is 0.451. The molecule has 1 heterocycles. The molecular weight excluding hydrogens is 148 g/mol. The molecule has 0 N–H and O–H groups in total. The summed E-state index contributed by atoms with van der Waals surface area (Å²) in [5.41, 5.74) is 0.836. The summed E-state index contributed by atoms with van der Waals surface area (Å²) in [4.78, 5) is 7.83. The second-order valence-electron chi connectivity index (χ2n) is 1.72. The van der Waals surface area contributed by atoms with E-state index in [0.29, 0.717) is 5.15 Å². The van der Waals surface area contributed by atoms with Crippen LogP contribution in [0.2, 0.25) is 5.15 Å². The molecule has 0 fully saturated rings. The van der Waals surface area contributed by atoms with E-state index in [9.17, 15) is 0 Å². The molecule has 1 aromatic heterocycles. The molecule has 0 unspecified atom stereocenters. The second kappa shape index (κ2) is 3.32. The van der Waals surface area contributed by atoms with Gasteiger partial charge in [-0.2, -0.15) is 0 Å². The van der Waals surface area contributed by atoms with Crippen molar-refractivity contribution in [3.63, 3.8) is 0 Å². The van der Waals surface area contributed by atoms with Crippen LogP contribution >= 0.6 is 11.6 Å². The van der Waals surface area contributed by atoms with Gasteiger partial charge in [0.1, 0.15) is 5.15 Å². The van der Waals surface area contributed by atoms with Crippen LogP contribution in [0, 0.1) is 0 Å². The van der Waals surface area contributed by atoms with Crippen LogP contribution in [-0.4, -0.2) is 11.2 Å². The second-order valence-corrected chi connectivity index (χ2v) is 2.11. The number of halogens is 1. The van der Waals surface area contributed by atoms with Crippen LogP contribution < -0.4 is 0 Å². The largest absolute Gasteiger partial charge is 0.261 e. The third-order valence-corrected chi connectivity index (χ3v) is 1.20. The van der Waals surface area contributed by atoms with E-state index in [-0.39, 0.29) is 0 Å². The van der Waals surface area contributed by atoms with Gasteiger partial charge in [-0.3, -0.25) is 4.99 Å². The normalized spacial score (nSPS) is 10.6. The first-order valence-corrected chi connectivity index (χ1v) is 3.31. The van der Waals surface area contributed by atoms with Crippen LogP contribution in [0.4, 0.5) is 5.69 Å². The maximum absolute atomic E-state index is 5.60. The minimum atomic E-state index is 0.475. The maximum Gasteiger partial charge on any atom is 0.131 e. The van der Waals surface area contributed by atoms with Crippen molar-refractivity contribution < 1.29 is 0 Å². The summed E-state index contributed by atoms with van der Waals surface area (Å²) < 4.78 is 0. The predicted molar refractivity (Wildman–Crippen MR) is 43.1 cm³/mol. The monoisotopic (exact) mass is 154 g/mol. The van der Waals surface area contributed by atoms with Crippen LogP contribution in [0.15, 0.2) is 23.3 Å². The first-order chi connectivity index (χ1) is 4.83. The molecule has 52 valence electrons. The van der Waals surface area contributed by atoms with Gasteiger partial charge in [-0.25, -0.2) is 4.98 Å². The average Bonchev–Trinajstić information content (AvgIpc) is 1.88. The Morgan fingerprint density at radius 3 is 3.10 bits per heavy atom. The first kappa shape index (κ1) is 7.22. The molecule has 0 aliphatic carbocycles. The lowest BCUT2D eigenvalue weighted by atomic mass is 10.4. The van der Waals surface area contributed by atoms with E-state index < -0.39 is 0 Å². The van der Waals surface area contributed by atoms with Crippen LogP contribution in [0.5, 0.6) is 0 Å². The molecular formula is C7H7ClN2. The Hall–Kier alpha value is -0.890. The Kier molecular flexibility index (Phi) is 2.40. The van der Waals surface area contributed by atoms with E-state index in [1.807, 2.05) is 6.92 Å². The number of rotatable bonds is 1. The molecule has 0 saturated carbocycles. The highest BCUT2D eigenvalue weighted by Gasteiger charge is 1.88. The molecule has 0 saturated heterocycles. The smallest absolute Gasteiger partial charge is 0.131 e. The molecule has 3 heteroatoms. The van der Waals surface area contributed by atoms with Crippen molar-refractivity contribution in [2.24, 2.45) is 4.99 Å². The number of hydrogen-bond donors (Lipinski definition) is 0. The molecule has 0 aromatic carbocycles. The Morgan fingerprint density at radius 1 is 1.70 bits per heavy atom. The number of pyridine rings is 1. The Bertz CT molecular complexity index is 245. The van der Waals surface area contributed by atoms with Crippen molar-refractivity contribution in [3.8, 4) is 0 Å². The van der Waals surface area contributed by atoms with Gasteiger partial charge in [-0.15, -0.1) is 0 Å². The van der Waals surface area contributed by atoms with Crippen LogP contribution in [-0.2, 0) is 0 Å². The number of nitrogens with zero attached hydrogens (tertiary/aromatic N) is 2. The summed E-state index contributed by atoms with van der Waals surface area (Å²) in [5, 5.41) is 0.475. The van der Waals surface area contributed by atoms with E-state index in [2.05, 4.69) is 9.98 Å². The Morgan fingerprint density at radius 2 is 2.50 bits per heavy atom. The molecule has 2 nitrogen and oxygen atoms in total. The molecule has 0 bridgehead atoms. The average molecular weight is 155 g/mol. The van der Waals surface area contributed by atoms with Crippen molar-refractivity contribution in [1.29, 1.82) is 0 Å². The van der Waals surface area contributed by atoms with Gasteiger partial charge in [-0.1, -0.05) is 11.6 Å². The molecule has 10 heavy (non-hydrogen) atoms. The van der Waals surface area contributed by atoms with Gasteiger partial charge < -0.3 is 0 Å². The lowest BCUT2D eigenvalue weighted by Crippen LogP contribution is -1.71. The molecule has 0 radical (unpaired) electrons. The predicted octanol–water partition coefficient (Wildman–Crippen LogP) is 2.46. The fraction of sp³-hybridized carbons (Fsp3) is 0.143. The Labute approximate surface area is 64.6 Å². The minimum Gasteiger partial charge on any atom is -0.261 e. The van der Waals surface area contributed by atoms with Crippen molar-refractivity contribution in [2.45, 2.75) is 6.92 Å². The first-order valence-electron chi connectivity index (χ1n) is 2.93. The summed E-state index contributed by atoms with van der Waals surface area (Å²) in [6.45, 7) is 1.86. The van der Waals surface area contributed by atoms with Crippen molar-refractivity contribution >= 4 is 23.5 Å². The summed E-state index contributed by atoms with van der Waals surface area (Å²) in [6.07, 6.45) is 3.34. The van der Waals surface area contributed by atoms with Gasteiger partial charge >= 0.3 is 0 Å². The molecule has 0 aliphatic heterocycles. The fourth-order valence-electron chi connectivity index (χ4n) is 0.622. The van der Waals surface area contributed by atoms with E-state index >= 15 is 0 Å². The number of aromatic nitrogens is 1. The standard InChI is InChI=1S/C7H7ClN2/c1-2-9-6-3-4-10-7(8)5-6/h2-5H,1H3. The van der Waals surface area contributed by atoms with Crippen molar-refractivity contribution in [2.75, 3.05) is 0 Å². The van der Waals surface area contributed by atoms with E-state index in [1.54, 1.807) is 24.5 Å². The molecule has 0 atom stereocenters. The van der Waals surface area contributed by atoms with E-state index in [4.69, 9.17) is 11.6 Å². The lowest BCUT2D eigenvalue weighted by molar-refractivity contribution is 1.31. The fourth-order valence-corrected chi connectivity index (χ4v) is 0.790. The molecule has 0 amide bonds.